The van der Waals surface area contributed by atoms with Gasteiger partial charge in [-0.2, -0.15) is 0 Å². The van der Waals surface area contributed by atoms with Gasteiger partial charge in [-0.05, 0) is 64.7 Å². The normalized spacial score (nSPS) is 22.9. The van der Waals surface area contributed by atoms with Gasteiger partial charge in [-0.25, -0.2) is 0 Å². The Kier molecular flexibility index (Phi) is 7.49. The Balaban J connectivity index is 1.44. The molecule has 0 aromatic heterocycles. The number of amides is 1. The van der Waals surface area contributed by atoms with Crippen LogP contribution in [0.25, 0.3) is 0 Å². The summed E-state index contributed by atoms with van der Waals surface area (Å²) < 4.78 is 5.41. The van der Waals surface area contributed by atoms with Crippen LogP contribution >= 0.6 is 0 Å². The van der Waals surface area contributed by atoms with Crippen molar-refractivity contribution in [3.05, 3.63) is 35.9 Å². The number of benzene rings is 1. The van der Waals surface area contributed by atoms with E-state index in [2.05, 4.69) is 45.4 Å². The first kappa shape index (κ1) is 21.3. The molecule has 1 atom stereocenters. The SMILES string of the molecule is COC(C)(C)CNC(=O)[C@@H]1CCCN(C2CCN(Cc3ccccc3)CC2)C1. The number of nitrogens with one attached hydrogen (secondary N) is 1. The molecule has 0 aliphatic carbocycles. The molecule has 2 heterocycles. The number of carbonyl (C=O) groups is 1. The summed E-state index contributed by atoms with van der Waals surface area (Å²) in [7, 11) is 1.69. The lowest BCUT2D eigenvalue weighted by molar-refractivity contribution is -0.128. The molecule has 0 bridgehead atoms. The third-order valence-corrected chi connectivity index (χ3v) is 6.39. The van der Waals surface area contributed by atoms with E-state index in [9.17, 15) is 4.79 Å². The van der Waals surface area contributed by atoms with Crippen molar-refractivity contribution in [1.29, 1.82) is 0 Å². The molecule has 0 unspecified atom stereocenters. The minimum absolute atomic E-state index is 0.115. The van der Waals surface area contributed by atoms with E-state index in [1.54, 1.807) is 7.11 Å². The third kappa shape index (κ3) is 6.03. The van der Waals surface area contributed by atoms with E-state index in [0.29, 0.717) is 12.6 Å². The van der Waals surface area contributed by atoms with E-state index in [4.69, 9.17) is 4.74 Å². The quantitative estimate of drug-likeness (QED) is 0.781. The molecule has 5 heteroatoms. The van der Waals surface area contributed by atoms with E-state index in [1.165, 1.54) is 18.4 Å². The average Bonchev–Trinajstić information content (AvgIpc) is 2.73. The van der Waals surface area contributed by atoms with Gasteiger partial charge < -0.3 is 10.1 Å². The molecular formula is C23H37N3O2. The first-order chi connectivity index (χ1) is 13.5. The topological polar surface area (TPSA) is 44.8 Å². The van der Waals surface area contributed by atoms with E-state index in [1.807, 2.05) is 13.8 Å². The van der Waals surface area contributed by atoms with Crippen LogP contribution in [-0.2, 0) is 16.1 Å². The molecular weight excluding hydrogens is 350 g/mol. The molecule has 2 aliphatic rings. The first-order valence-electron chi connectivity index (χ1n) is 10.8. The van der Waals surface area contributed by atoms with Crippen molar-refractivity contribution in [3.8, 4) is 0 Å². The van der Waals surface area contributed by atoms with Crippen LogP contribution in [0.4, 0.5) is 0 Å². The number of likely N-dealkylation sites (tertiary alicyclic amines) is 2. The number of rotatable bonds is 7. The van der Waals surface area contributed by atoms with Crippen LogP contribution in [0.5, 0.6) is 0 Å². The van der Waals surface area contributed by atoms with Gasteiger partial charge in [0.15, 0.2) is 0 Å². The second kappa shape index (κ2) is 9.86. The van der Waals surface area contributed by atoms with E-state index < -0.39 is 0 Å². The number of methoxy groups -OCH3 is 1. The zero-order valence-electron chi connectivity index (χ0n) is 17.8. The summed E-state index contributed by atoms with van der Waals surface area (Å²) in [5.41, 5.74) is 1.09. The minimum atomic E-state index is -0.310. The van der Waals surface area contributed by atoms with Crippen molar-refractivity contribution in [1.82, 2.24) is 15.1 Å². The molecule has 156 valence electrons. The maximum Gasteiger partial charge on any atom is 0.224 e. The predicted octanol–water partition coefficient (Wildman–Crippen LogP) is 2.90. The summed E-state index contributed by atoms with van der Waals surface area (Å²) in [4.78, 5) is 17.8. The smallest absolute Gasteiger partial charge is 0.224 e. The predicted molar refractivity (Wildman–Crippen MR) is 113 cm³/mol. The lowest BCUT2D eigenvalue weighted by Gasteiger charge is -2.42. The molecule has 1 aromatic carbocycles. The molecule has 1 amide bonds. The summed E-state index contributed by atoms with van der Waals surface area (Å²) in [6.07, 6.45) is 4.54. The molecule has 2 aliphatic heterocycles. The van der Waals surface area contributed by atoms with Crippen molar-refractivity contribution < 1.29 is 9.53 Å². The number of carbonyl (C=O) groups excluding carboxylic acids is 1. The number of hydrogen-bond acceptors (Lipinski definition) is 4. The van der Waals surface area contributed by atoms with Gasteiger partial charge in [-0.15, -0.1) is 0 Å². The molecule has 1 aromatic rings. The Morgan fingerprint density at radius 1 is 1.14 bits per heavy atom. The maximum absolute atomic E-state index is 12.6. The Hall–Kier alpha value is -1.43. The van der Waals surface area contributed by atoms with Gasteiger partial charge in [-0.1, -0.05) is 30.3 Å². The minimum Gasteiger partial charge on any atom is -0.377 e. The van der Waals surface area contributed by atoms with E-state index in [0.717, 1.165) is 45.6 Å². The third-order valence-electron chi connectivity index (χ3n) is 6.39. The van der Waals surface area contributed by atoms with Gasteiger partial charge >= 0.3 is 0 Å². The molecule has 2 saturated heterocycles. The second-order valence-corrected chi connectivity index (χ2v) is 9.01. The molecule has 2 fully saturated rings. The molecule has 5 nitrogen and oxygen atoms in total. The highest BCUT2D eigenvalue weighted by Crippen LogP contribution is 2.25. The molecule has 0 radical (unpaired) electrons. The lowest BCUT2D eigenvalue weighted by atomic mass is 9.93. The zero-order valence-corrected chi connectivity index (χ0v) is 17.8. The Morgan fingerprint density at radius 2 is 1.86 bits per heavy atom. The Bertz CT molecular complexity index is 612. The standard InChI is InChI=1S/C23H37N3O2/c1-23(2,28-3)18-24-22(27)20-10-7-13-26(17-20)21-11-14-25(15-12-21)16-19-8-5-4-6-9-19/h4-6,8-9,20-21H,7,10-18H2,1-3H3,(H,24,27)/t20-/m1/s1. The fraction of sp³-hybridized carbons (Fsp3) is 0.696. The highest BCUT2D eigenvalue weighted by atomic mass is 16.5. The molecule has 0 spiro atoms. The van der Waals surface area contributed by atoms with Crippen LogP contribution in [-0.4, -0.2) is 67.2 Å². The van der Waals surface area contributed by atoms with Crippen molar-refractivity contribution in [3.63, 3.8) is 0 Å². The van der Waals surface area contributed by atoms with Gasteiger partial charge in [0.25, 0.3) is 0 Å². The van der Waals surface area contributed by atoms with Crippen LogP contribution in [0, 0.1) is 5.92 Å². The molecule has 3 rings (SSSR count). The summed E-state index contributed by atoms with van der Waals surface area (Å²) in [6, 6.07) is 11.4. The van der Waals surface area contributed by atoms with Crippen molar-refractivity contribution in [2.45, 2.75) is 57.7 Å². The van der Waals surface area contributed by atoms with Gasteiger partial charge in [0, 0.05) is 32.8 Å². The van der Waals surface area contributed by atoms with E-state index >= 15 is 0 Å². The summed E-state index contributed by atoms with van der Waals surface area (Å²) in [5, 5.41) is 3.10. The summed E-state index contributed by atoms with van der Waals surface area (Å²) >= 11 is 0. The van der Waals surface area contributed by atoms with Crippen molar-refractivity contribution in [2.75, 3.05) is 39.8 Å². The second-order valence-electron chi connectivity index (χ2n) is 9.01. The highest BCUT2D eigenvalue weighted by Gasteiger charge is 2.32. The highest BCUT2D eigenvalue weighted by molar-refractivity contribution is 5.79. The number of nitrogens with zero attached hydrogens (tertiary/aromatic N) is 2. The first-order valence-corrected chi connectivity index (χ1v) is 10.8. The van der Waals surface area contributed by atoms with Gasteiger partial charge in [0.05, 0.1) is 11.5 Å². The van der Waals surface area contributed by atoms with Crippen molar-refractivity contribution >= 4 is 5.91 Å². The lowest BCUT2D eigenvalue weighted by Crippen LogP contribution is -2.51. The van der Waals surface area contributed by atoms with Crippen LogP contribution in [0.2, 0.25) is 0 Å². The fourth-order valence-electron chi connectivity index (χ4n) is 4.35. The van der Waals surface area contributed by atoms with Gasteiger partial charge in [-0.3, -0.25) is 14.6 Å². The van der Waals surface area contributed by atoms with Crippen molar-refractivity contribution in [2.24, 2.45) is 5.92 Å². The fourth-order valence-corrected chi connectivity index (χ4v) is 4.35. The van der Waals surface area contributed by atoms with E-state index in [-0.39, 0.29) is 17.4 Å². The van der Waals surface area contributed by atoms with Gasteiger partial charge in [0.1, 0.15) is 0 Å². The maximum atomic E-state index is 12.6. The molecule has 28 heavy (non-hydrogen) atoms. The number of piperidine rings is 2. The largest absolute Gasteiger partial charge is 0.377 e. The van der Waals surface area contributed by atoms with Crippen LogP contribution in [0.15, 0.2) is 30.3 Å². The van der Waals surface area contributed by atoms with Crippen LogP contribution in [0.3, 0.4) is 0 Å². The Morgan fingerprint density at radius 3 is 2.54 bits per heavy atom. The number of ether oxygens (including phenoxy) is 1. The number of hydrogen-bond donors (Lipinski definition) is 1. The summed E-state index contributed by atoms with van der Waals surface area (Å²) in [5.74, 6) is 0.306. The Labute approximate surface area is 170 Å². The average molecular weight is 388 g/mol. The monoisotopic (exact) mass is 387 g/mol. The summed E-state index contributed by atoms with van der Waals surface area (Å²) in [6.45, 7) is 9.96. The zero-order chi connectivity index (χ0) is 20.0. The van der Waals surface area contributed by atoms with Gasteiger partial charge in [0.2, 0.25) is 5.91 Å². The van der Waals surface area contributed by atoms with Crippen LogP contribution < -0.4 is 5.32 Å². The molecule has 0 saturated carbocycles. The molecule has 1 N–H and O–H groups in total. The van der Waals surface area contributed by atoms with Crippen LogP contribution in [0.1, 0.15) is 45.1 Å².